The van der Waals surface area contributed by atoms with E-state index < -0.39 is 10.0 Å². The van der Waals surface area contributed by atoms with E-state index in [1.807, 2.05) is 18.2 Å². The van der Waals surface area contributed by atoms with Crippen LogP contribution in [0, 0.1) is 0 Å². The van der Waals surface area contributed by atoms with Gasteiger partial charge < -0.3 is 5.32 Å². The van der Waals surface area contributed by atoms with Crippen LogP contribution in [0.3, 0.4) is 0 Å². The first-order valence-electron chi connectivity index (χ1n) is 9.39. The number of hydrogen-bond acceptors (Lipinski definition) is 5. The summed E-state index contributed by atoms with van der Waals surface area (Å²) >= 11 is 1.31. The maximum Gasteiger partial charge on any atom is 0.245 e. The molecule has 150 valence electrons. The summed E-state index contributed by atoms with van der Waals surface area (Å²) in [6, 6.07) is 12.1. The van der Waals surface area contributed by atoms with Gasteiger partial charge in [-0.05, 0) is 37.1 Å². The van der Waals surface area contributed by atoms with E-state index in [4.69, 9.17) is 0 Å². The average Bonchev–Trinajstić information content (AvgIpc) is 2.73. The first-order valence-corrected chi connectivity index (χ1v) is 11.8. The van der Waals surface area contributed by atoms with Crippen molar-refractivity contribution in [3.8, 4) is 0 Å². The lowest BCUT2D eigenvalue weighted by Gasteiger charge is -2.30. The summed E-state index contributed by atoms with van der Waals surface area (Å²) < 4.78 is 27.8. The monoisotopic (exact) mass is 419 g/mol. The number of nitrogens with one attached hydrogen (secondary N) is 1. The number of benzene rings is 1. The molecule has 28 heavy (non-hydrogen) atoms. The number of nitrogens with zero attached hydrogens (tertiary/aromatic N) is 2. The molecule has 1 aliphatic rings. The van der Waals surface area contributed by atoms with Gasteiger partial charge in [0.25, 0.3) is 0 Å². The van der Waals surface area contributed by atoms with Crippen molar-refractivity contribution in [3.05, 3.63) is 48.7 Å². The van der Waals surface area contributed by atoms with Crippen molar-refractivity contribution in [2.24, 2.45) is 0 Å². The number of rotatable bonds is 7. The van der Waals surface area contributed by atoms with Crippen LogP contribution in [0.25, 0.3) is 0 Å². The fraction of sp³-hybridized carbons (Fsp3) is 0.400. The van der Waals surface area contributed by atoms with Crippen LogP contribution >= 0.6 is 11.8 Å². The molecule has 1 amide bonds. The second kappa shape index (κ2) is 9.54. The van der Waals surface area contributed by atoms with Crippen molar-refractivity contribution in [1.82, 2.24) is 9.29 Å². The van der Waals surface area contributed by atoms with Gasteiger partial charge in [0.05, 0.1) is 16.5 Å². The highest BCUT2D eigenvalue weighted by molar-refractivity contribution is 7.99. The molecule has 1 aromatic carbocycles. The summed E-state index contributed by atoms with van der Waals surface area (Å²) in [5.41, 5.74) is 0.316. The van der Waals surface area contributed by atoms with E-state index >= 15 is 0 Å². The molecule has 0 aliphatic heterocycles. The number of para-hydroxylation sites is 1. The molecule has 1 N–H and O–H groups in total. The Morgan fingerprint density at radius 3 is 2.57 bits per heavy atom. The van der Waals surface area contributed by atoms with Gasteiger partial charge in [-0.3, -0.25) is 4.79 Å². The standard InChI is InChI=1S/C20H25N3O3S2/c1-23(16-9-3-2-4-10-16)28(25,26)18-12-6-5-11-17(18)22-19(24)15-27-20-13-7-8-14-21-20/h5-8,11-14,16H,2-4,9-10,15H2,1H3,(H,22,24). The topological polar surface area (TPSA) is 79.4 Å². The maximum atomic E-state index is 13.2. The van der Waals surface area contributed by atoms with E-state index in [1.54, 1.807) is 37.5 Å². The SMILES string of the molecule is CN(C1CCCCC1)S(=O)(=O)c1ccccc1NC(=O)CSc1ccccn1. The van der Waals surface area contributed by atoms with E-state index in [-0.39, 0.29) is 22.6 Å². The summed E-state index contributed by atoms with van der Waals surface area (Å²) in [5.74, 6) is -0.109. The first kappa shape index (κ1) is 20.8. The molecule has 1 aliphatic carbocycles. The highest BCUT2D eigenvalue weighted by atomic mass is 32.2. The number of carbonyl (C=O) groups is 1. The lowest BCUT2D eigenvalue weighted by atomic mass is 9.96. The predicted molar refractivity (Wildman–Crippen MR) is 112 cm³/mol. The quantitative estimate of drug-likeness (QED) is 0.691. The molecule has 0 unspecified atom stereocenters. The van der Waals surface area contributed by atoms with Crippen LogP contribution < -0.4 is 5.32 Å². The zero-order valence-corrected chi connectivity index (χ0v) is 17.5. The number of aromatic nitrogens is 1. The molecular formula is C20H25N3O3S2. The highest BCUT2D eigenvalue weighted by Crippen LogP contribution is 2.30. The Bertz CT molecular complexity index is 898. The Kier molecular flexibility index (Phi) is 7.09. The Hall–Kier alpha value is -1.90. The largest absolute Gasteiger partial charge is 0.324 e. The predicted octanol–water partition coefficient (Wildman–Crippen LogP) is 3.77. The Morgan fingerprint density at radius 2 is 1.86 bits per heavy atom. The molecule has 3 rings (SSSR count). The summed E-state index contributed by atoms with van der Waals surface area (Å²) in [5, 5.41) is 3.50. The van der Waals surface area contributed by atoms with Crippen molar-refractivity contribution >= 4 is 33.4 Å². The third kappa shape index (κ3) is 5.12. The van der Waals surface area contributed by atoms with Gasteiger partial charge in [0.15, 0.2) is 0 Å². The molecule has 0 saturated heterocycles. The van der Waals surface area contributed by atoms with Crippen molar-refractivity contribution < 1.29 is 13.2 Å². The van der Waals surface area contributed by atoms with E-state index in [9.17, 15) is 13.2 Å². The molecule has 1 saturated carbocycles. The van der Waals surface area contributed by atoms with Gasteiger partial charge in [-0.15, -0.1) is 0 Å². The van der Waals surface area contributed by atoms with E-state index in [2.05, 4.69) is 10.3 Å². The zero-order valence-electron chi connectivity index (χ0n) is 15.9. The third-order valence-corrected chi connectivity index (χ3v) is 7.81. The Balaban J connectivity index is 1.72. The smallest absolute Gasteiger partial charge is 0.245 e. The Labute approximate surface area is 170 Å². The molecule has 1 heterocycles. The van der Waals surface area contributed by atoms with Crippen LogP contribution in [0.1, 0.15) is 32.1 Å². The normalized spacial score (nSPS) is 15.5. The lowest BCUT2D eigenvalue weighted by molar-refractivity contribution is -0.113. The molecule has 1 fully saturated rings. The minimum Gasteiger partial charge on any atom is -0.324 e. The molecular weight excluding hydrogens is 394 g/mol. The van der Waals surface area contributed by atoms with Gasteiger partial charge in [0.2, 0.25) is 15.9 Å². The fourth-order valence-corrected chi connectivity index (χ4v) is 5.57. The van der Waals surface area contributed by atoms with Crippen molar-refractivity contribution in [2.75, 3.05) is 18.1 Å². The second-order valence-electron chi connectivity index (χ2n) is 6.81. The van der Waals surface area contributed by atoms with Crippen LogP contribution in [0.4, 0.5) is 5.69 Å². The van der Waals surface area contributed by atoms with E-state index in [0.717, 1.165) is 37.1 Å². The number of amides is 1. The van der Waals surface area contributed by atoms with Gasteiger partial charge in [-0.1, -0.05) is 49.2 Å². The maximum absolute atomic E-state index is 13.2. The van der Waals surface area contributed by atoms with Gasteiger partial charge in [0.1, 0.15) is 4.90 Å². The van der Waals surface area contributed by atoms with Crippen LogP contribution in [-0.2, 0) is 14.8 Å². The fourth-order valence-electron chi connectivity index (χ4n) is 3.35. The summed E-state index contributed by atoms with van der Waals surface area (Å²) in [6.45, 7) is 0. The number of sulfonamides is 1. The van der Waals surface area contributed by atoms with Gasteiger partial charge >= 0.3 is 0 Å². The third-order valence-electron chi connectivity index (χ3n) is 4.90. The van der Waals surface area contributed by atoms with Gasteiger partial charge in [-0.25, -0.2) is 13.4 Å². The van der Waals surface area contributed by atoms with Crippen molar-refractivity contribution in [1.29, 1.82) is 0 Å². The summed E-state index contributed by atoms with van der Waals surface area (Å²) in [6.07, 6.45) is 6.69. The molecule has 8 heteroatoms. The van der Waals surface area contributed by atoms with Crippen molar-refractivity contribution in [3.63, 3.8) is 0 Å². The van der Waals surface area contributed by atoms with Gasteiger partial charge in [0, 0.05) is 19.3 Å². The minimum absolute atomic E-state index is 0.0159. The van der Waals surface area contributed by atoms with Crippen LogP contribution in [0.5, 0.6) is 0 Å². The minimum atomic E-state index is -3.68. The number of anilines is 1. The lowest BCUT2D eigenvalue weighted by Crippen LogP contribution is -2.38. The van der Waals surface area contributed by atoms with Gasteiger partial charge in [-0.2, -0.15) is 4.31 Å². The first-order chi connectivity index (χ1) is 13.5. The van der Waals surface area contributed by atoms with Crippen LogP contribution in [0.15, 0.2) is 58.6 Å². The number of carbonyl (C=O) groups excluding carboxylic acids is 1. The highest BCUT2D eigenvalue weighted by Gasteiger charge is 2.30. The second-order valence-corrected chi connectivity index (χ2v) is 9.78. The molecule has 6 nitrogen and oxygen atoms in total. The summed E-state index contributed by atoms with van der Waals surface area (Å²) in [4.78, 5) is 16.7. The Morgan fingerprint density at radius 1 is 1.14 bits per heavy atom. The van der Waals surface area contributed by atoms with Crippen LogP contribution in [-0.4, -0.2) is 42.5 Å². The molecule has 0 radical (unpaired) electrons. The average molecular weight is 420 g/mol. The number of pyridine rings is 1. The number of hydrogen-bond donors (Lipinski definition) is 1. The molecule has 1 aromatic heterocycles. The van der Waals surface area contributed by atoms with Crippen molar-refractivity contribution in [2.45, 2.75) is 48.1 Å². The molecule has 0 spiro atoms. The van der Waals surface area contributed by atoms with E-state index in [1.165, 1.54) is 16.1 Å². The molecule has 2 aromatic rings. The summed E-state index contributed by atoms with van der Waals surface area (Å²) in [7, 11) is -2.04. The number of thioether (sulfide) groups is 1. The van der Waals surface area contributed by atoms with Crippen LogP contribution in [0.2, 0.25) is 0 Å². The molecule has 0 atom stereocenters. The zero-order chi connectivity index (χ0) is 20.0. The van der Waals surface area contributed by atoms with E-state index in [0.29, 0.717) is 5.69 Å². The molecule has 0 bridgehead atoms.